The van der Waals surface area contributed by atoms with E-state index in [1.807, 2.05) is 0 Å². The minimum absolute atomic E-state index is 0.132. The maximum absolute atomic E-state index is 12.9. The van der Waals surface area contributed by atoms with Crippen molar-refractivity contribution in [2.75, 3.05) is 13.2 Å². The molecule has 9 nitrogen and oxygen atoms in total. The minimum Gasteiger partial charge on any atom is -0.394 e. The van der Waals surface area contributed by atoms with E-state index in [9.17, 15) is 30.3 Å². The first-order valence-corrected chi connectivity index (χ1v) is 21.7. The van der Waals surface area contributed by atoms with Gasteiger partial charge in [0, 0.05) is 6.42 Å². The van der Waals surface area contributed by atoms with Crippen LogP contribution in [0.3, 0.4) is 0 Å². The normalized spacial score (nSPS) is 21.9. The van der Waals surface area contributed by atoms with E-state index in [2.05, 4.69) is 19.2 Å². The Labute approximate surface area is 313 Å². The monoisotopic (exact) mass is 730 g/mol. The number of nitrogens with one attached hydrogen (secondary N) is 1. The van der Waals surface area contributed by atoms with Crippen molar-refractivity contribution in [1.82, 2.24) is 5.32 Å². The average molecular weight is 730 g/mol. The van der Waals surface area contributed by atoms with Gasteiger partial charge in [0.15, 0.2) is 6.29 Å². The van der Waals surface area contributed by atoms with E-state index in [-0.39, 0.29) is 12.5 Å². The lowest BCUT2D eigenvalue weighted by Crippen LogP contribution is -2.60. The van der Waals surface area contributed by atoms with Gasteiger partial charge in [-0.1, -0.05) is 187 Å². The largest absolute Gasteiger partial charge is 0.394 e. The zero-order valence-electron chi connectivity index (χ0n) is 33.1. The molecule has 0 bridgehead atoms. The van der Waals surface area contributed by atoms with Gasteiger partial charge in [0.05, 0.1) is 25.4 Å². The highest BCUT2D eigenvalue weighted by molar-refractivity contribution is 5.76. The molecule has 1 aliphatic rings. The molecule has 2 unspecified atom stereocenters. The molecule has 0 aromatic rings. The average Bonchev–Trinajstić information content (AvgIpc) is 3.13. The standard InChI is InChI=1S/C42H83NO8/c1-3-5-7-9-11-13-15-17-18-20-21-23-25-27-29-31-36(45)35(34-50-42-41(49)40(48)39(47)37(33-44)51-42)43-38(46)32-30-28-26-24-22-19-16-14-12-10-8-6-4-2/h35-37,39-42,44-45,47-49H,3-34H2,1-2H3,(H,43,46)/t35-,36+,37+,39-,40?,41?,42+/m0/s1. The lowest BCUT2D eigenvalue weighted by molar-refractivity contribution is -0.302. The fourth-order valence-corrected chi connectivity index (χ4v) is 7.16. The molecule has 7 atom stereocenters. The second-order valence-corrected chi connectivity index (χ2v) is 15.5. The van der Waals surface area contributed by atoms with Crippen molar-refractivity contribution in [2.45, 2.75) is 249 Å². The van der Waals surface area contributed by atoms with Crippen molar-refractivity contribution in [3.05, 3.63) is 0 Å². The van der Waals surface area contributed by atoms with Crippen molar-refractivity contribution in [2.24, 2.45) is 0 Å². The van der Waals surface area contributed by atoms with Crippen molar-refractivity contribution >= 4 is 5.91 Å². The molecule has 51 heavy (non-hydrogen) atoms. The zero-order chi connectivity index (χ0) is 37.4. The predicted molar refractivity (Wildman–Crippen MR) is 208 cm³/mol. The zero-order valence-corrected chi connectivity index (χ0v) is 33.1. The summed E-state index contributed by atoms with van der Waals surface area (Å²) in [5, 5.41) is 54.2. The molecule has 1 rings (SSSR count). The van der Waals surface area contributed by atoms with Gasteiger partial charge in [0.25, 0.3) is 0 Å². The van der Waals surface area contributed by atoms with Crippen LogP contribution in [0.15, 0.2) is 0 Å². The van der Waals surface area contributed by atoms with E-state index in [0.717, 1.165) is 38.5 Å². The molecular weight excluding hydrogens is 646 g/mol. The van der Waals surface area contributed by atoms with Crippen LogP contribution in [0.4, 0.5) is 0 Å². The van der Waals surface area contributed by atoms with Gasteiger partial charge in [-0.15, -0.1) is 0 Å². The number of rotatable bonds is 36. The molecule has 0 aliphatic carbocycles. The SMILES string of the molecule is CCCCCCCCCCCCCCCCC[C@@H](O)[C@H](CO[C@@H]1O[C@H](CO)[C@H](O)C(O)C1O)NC(=O)CCCCCCCCCCCCCCC. The molecule has 0 spiro atoms. The van der Waals surface area contributed by atoms with Crippen LogP contribution in [-0.2, 0) is 14.3 Å². The summed E-state index contributed by atoms with van der Waals surface area (Å²) in [6.07, 6.45) is 28.2. The second kappa shape index (κ2) is 33.7. The van der Waals surface area contributed by atoms with Gasteiger partial charge in [-0.05, 0) is 12.8 Å². The lowest BCUT2D eigenvalue weighted by Gasteiger charge is -2.40. The minimum atomic E-state index is -1.55. The van der Waals surface area contributed by atoms with Crippen LogP contribution < -0.4 is 5.32 Å². The number of amides is 1. The predicted octanol–water partition coefficient (Wildman–Crippen LogP) is 8.39. The van der Waals surface area contributed by atoms with Gasteiger partial charge in [-0.3, -0.25) is 4.79 Å². The van der Waals surface area contributed by atoms with E-state index in [1.165, 1.54) is 141 Å². The third-order valence-corrected chi connectivity index (χ3v) is 10.7. The summed E-state index contributed by atoms with van der Waals surface area (Å²) in [7, 11) is 0. The number of carbonyl (C=O) groups excluding carboxylic acids is 1. The summed E-state index contributed by atoms with van der Waals surface area (Å²) in [5.41, 5.74) is 0. The molecule has 6 N–H and O–H groups in total. The first-order valence-electron chi connectivity index (χ1n) is 21.7. The van der Waals surface area contributed by atoms with Crippen molar-refractivity contribution in [3.8, 4) is 0 Å². The summed E-state index contributed by atoms with van der Waals surface area (Å²) in [6.45, 7) is 3.83. The first-order chi connectivity index (χ1) is 24.8. The number of aliphatic hydroxyl groups excluding tert-OH is 5. The fourth-order valence-electron chi connectivity index (χ4n) is 7.16. The van der Waals surface area contributed by atoms with Crippen LogP contribution in [0, 0.1) is 0 Å². The maximum atomic E-state index is 12.9. The molecule has 0 saturated carbocycles. The number of hydrogen-bond donors (Lipinski definition) is 6. The Hall–Kier alpha value is -0.810. The maximum Gasteiger partial charge on any atom is 0.220 e. The van der Waals surface area contributed by atoms with Crippen LogP contribution >= 0.6 is 0 Å². The van der Waals surface area contributed by atoms with Gasteiger partial charge < -0.3 is 40.3 Å². The Bertz CT molecular complexity index is 771. The summed E-state index contributed by atoms with van der Waals surface area (Å²) >= 11 is 0. The summed E-state index contributed by atoms with van der Waals surface area (Å²) in [4.78, 5) is 12.9. The van der Waals surface area contributed by atoms with Gasteiger partial charge in [-0.25, -0.2) is 0 Å². The van der Waals surface area contributed by atoms with E-state index in [1.54, 1.807) is 0 Å². The van der Waals surface area contributed by atoms with Crippen LogP contribution in [0.2, 0.25) is 0 Å². The molecule has 1 fully saturated rings. The quantitative estimate of drug-likeness (QED) is 0.0353. The van der Waals surface area contributed by atoms with Crippen molar-refractivity contribution in [3.63, 3.8) is 0 Å². The van der Waals surface area contributed by atoms with Gasteiger partial charge >= 0.3 is 0 Å². The number of hydrogen-bond acceptors (Lipinski definition) is 8. The van der Waals surface area contributed by atoms with Crippen molar-refractivity contribution in [1.29, 1.82) is 0 Å². The Morgan fingerprint density at radius 1 is 0.588 bits per heavy atom. The second-order valence-electron chi connectivity index (χ2n) is 15.5. The molecule has 1 heterocycles. The summed E-state index contributed by atoms with van der Waals surface area (Å²) in [6, 6.07) is -0.710. The van der Waals surface area contributed by atoms with Gasteiger partial charge in [0.1, 0.15) is 24.4 Å². The molecule has 304 valence electrons. The Balaban J connectivity index is 2.35. The van der Waals surface area contributed by atoms with E-state index in [4.69, 9.17) is 9.47 Å². The molecule has 1 amide bonds. The van der Waals surface area contributed by atoms with E-state index in [0.29, 0.717) is 12.8 Å². The Morgan fingerprint density at radius 2 is 0.980 bits per heavy atom. The molecule has 1 aliphatic heterocycles. The van der Waals surface area contributed by atoms with Gasteiger partial charge in [0.2, 0.25) is 5.91 Å². The highest BCUT2D eigenvalue weighted by Gasteiger charge is 2.44. The van der Waals surface area contributed by atoms with Crippen LogP contribution in [0.25, 0.3) is 0 Å². The number of unbranched alkanes of at least 4 members (excludes halogenated alkanes) is 26. The molecule has 0 aromatic carbocycles. The number of ether oxygens (including phenoxy) is 2. The topological polar surface area (TPSA) is 149 Å². The van der Waals surface area contributed by atoms with Crippen LogP contribution in [0.5, 0.6) is 0 Å². The summed E-state index contributed by atoms with van der Waals surface area (Å²) < 4.78 is 11.2. The van der Waals surface area contributed by atoms with E-state index < -0.39 is 49.5 Å². The van der Waals surface area contributed by atoms with Crippen molar-refractivity contribution < 1.29 is 39.8 Å². The first kappa shape index (κ1) is 48.2. The molecule has 1 saturated heterocycles. The van der Waals surface area contributed by atoms with E-state index >= 15 is 0 Å². The Morgan fingerprint density at radius 3 is 1.39 bits per heavy atom. The van der Waals surface area contributed by atoms with Crippen LogP contribution in [0.1, 0.15) is 206 Å². The summed E-state index contributed by atoms with van der Waals surface area (Å²) in [5.74, 6) is -0.143. The molecule has 0 radical (unpaired) electrons. The third kappa shape index (κ3) is 25.0. The molecular formula is C42H83NO8. The third-order valence-electron chi connectivity index (χ3n) is 10.7. The number of aliphatic hydroxyl groups is 5. The van der Waals surface area contributed by atoms with Gasteiger partial charge in [-0.2, -0.15) is 0 Å². The smallest absolute Gasteiger partial charge is 0.220 e. The molecule has 0 aromatic heterocycles. The highest BCUT2D eigenvalue weighted by atomic mass is 16.7. The molecule has 9 heteroatoms. The Kier molecular flexibility index (Phi) is 31.9. The highest BCUT2D eigenvalue weighted by Crippen LogP contribution is 2.23. The fraction of sp³-hybridized carbons (Fsp3) is 0.976. The number of carbonyl (C=O) groups is 1. The van der Waals surface area contributed by atoms with Crippen LogP contribution in [-0.4, -0.2) is 87.5 Å². The lowest BCUT2D eigenvalue weighted by atomic mass is 9.99.